The van der Waals surface area contributed by atoms with Crippen molar-refractivity contribution in [1.29, 1.82) is 0 Å². The van der Waals surface area contributed by atoms with Crippen LogP contribution in [0.25, 0.3) is 0 Å². The Morgan fingerprint density at radius 3 is 2.80 bits per heavy atom. The van der Waals surface area contributed by atoms with Gasteiger partial charge in [0.25, 0.3) is 0 Å². The quantitative estimate of drug-likeness (QED) is 0.813. The van der Waals surface area contributed by atoms with Crippen molar-refractivity contribution in [1.82, 2.24) is 10.3 Å². The molecule has 0 aliphatic rings. The van der Waals surface area contributed by atoms with Crippen LogP contribution < -0.4 is 5.32 Å². The van der Waals surface area contributed by atoms with Gasteiger partial charge in [0.05, 0.1) is 0 Å². The highest BCUT2D eigenvalue weighted by Gasteiger charge is 2.15. The largest absolute Gasteiger partial charge is 0.371 e. The van der Waals surface area contributed by atoms with Gasteiger partial charge >= 0.3 is 0 Å². The van der Waals surface area contributed by atoms with E-state index in [0.29, 0.717) is 6.04 Å². The number of rotatable bonds is 6. The van der Waals surface area contributed by atoms with Gasteiger partial charge in [-0.05, 0) is 27.3 Å². The molecular weight excluding hydrogens is 208 g/mol. The average Bonchev–Trinajstić information content (AvgIpc) is 2.73. The number of thiazole rings is 1. The van der Waals surface area contributed by atoms with Gasteiger partial charge in [0, 0.05) is 23.7 Å². The topological polar surface area (TPSA) is 34.1 Å². The summed E-state index contributed by atoms with van der Waals surface area (Å²) in [6.07, 6.45) is 3.09. The van der Waals surface area contributed by atoms with E-state index in [2.05, 4.69) is 24.1 Å². The number of hydrogen-bond acceptors (Lipinski definition) is 4. The number of hydrogen-bond donors (Lipinski definition) is 1. The van der Waals surface area contributed by atoms with Gasteiger partial charge in [-0.25, -0.2) is 4.98 Å². The lowest BCUT2D eigenvalue weighted by molar-refractivity contribution is 0.0596. The maximum Gasteiger partial charge on any atom is 0.122 e. The van der Waals surface area contributed by atoms with E-state index in [-0.39, 0.29) is 6.10 Å². The van der Waals surface area contributed by atoms with Crippen molar-refractivity contribution in [3.63, 3.8) is 0 Å². The zero-order valence-electron chi connectivity index (χ0n) is 9.91. The standard InChI is InChI=1S/C11H20N2OS/c1-5-9(14-6-2)11-13-7-10(15-11)8(3)12-4/h7-9,12H,5-6H2,1-4H3. The van der Waals surface area contributed by atoms with Crippen LogP contribution >= 0.6 is 11.3 Å². The first-order valence-electron chi connectivity index (χ1n) is 5.47. The van der Waals surface area contributed by atoms with E-state index < -0.39 is 0 Å². The SMILES string of the molecule is CCOC(CC)c1ncc(C(C)NC)s1. The number of ether oxygens (including phenoxy) is 1. The highest BCUT2D eigenvalue weighted by molar-refractivity contribution is 7.11. The van der Waals surface area contributed by atoms with E-state index in [4.69, 9.17) is 4.74 Å². The molecule has 2 atom stereocenters. The molecule has 0 saturated heterocycles. The van der Waals surface area contributed by atoms with Gasteiger partial charge < -0.3 is 10.1 Å². The van der Waals surface area contributed by atoms with E-state index in [0.717, 1.165) is 18.0 Å². The molecule has 0 spiro atoms. The highest BCUT2D eigenvalue weighted by atomic mass is 32.1. The van der Waals surface area contributed by atoms with E-state index in [1.54, 1.807) is 11.3 Å². The Kier molecular flexibility index (Phi) is 5.22. The van der Waals surface area contributed by atoms with Gasteiger partial charge in [-0.15, -0.1) is 11.3 Å². The minimum atomic E-state index is 0.165. The predicted molar refractivity (Wildman–Crippen MR) is 64.2 cm³/mol. The lowest BCUT2D eigenvalue weighted by Gasteiger charge is -2.11. The highest BCUT2D eigenvalue weighted by Crippen LogP contribution is 2.28. The molecule has 0 aliphatic carbocycles. The van der Waals surface area contributed by atoms with Gasteiger partial charge in [-0.3, -0.25) is 0 Å². The monoisotopic (exact) mass is 228 g/mol. The van der Waals surface area contributed by atoms with Crippen molar-refractivity contribution in [2.45, 2.75) is 39.3 Å². The van der Waals surface area contributed by atoms with Crippen molar-refractivity contribution in [2.75, 3.05) is 13.7 Å². The molecule has 4 heteroatoms. The molecule has 1 heterocycles. The predicted octanol–water partition coefficient (Wildman–Crippen LogP) is 2.91. The Balaban J connectivity index is 2.72. The molecule has 1 aromatic heterocycles. The van der Waals surface area contributed by atoms with Crippen LogP contribution in [0.15, 0.2) is 6.20 Å². The molecule has 1 N–H and O–H groups in total. The Morgan fingerprint density at radius 2 is 2.27 bits per heavy atom. The first-order valence-corrected chi connectivity index (χ1v) is 6.29. The maximum atomic E-state index is 5.63. The van der Waals surface area contributed by atoms with Gasteiger partial charge in [-0.1, -0.05) is 6.92 Å². The Labute approximate surface area is 95.9 Å². The second-order valence-electron chi connectivity index (χ2n) is 3.46. The number of aromatic nitrogens is 1. The molecule has 1 rings (SSSR count). The van der Waals surface area contributed by atoms with Crippen molar-refractivity contribution in [2.24, 2.45) is 0 Å². The van der Waals surface area contributed by atoms with Gasteiger partial charge in [0.2, 0.25) is 0 Å². The molecule has 0 aromatic carbocycles. The van der Waals surface area contributed by atoms with E-state index >= 15 is 0 Å². The third-order valence-electron chi connectivity index (χ3n) is 2.42. The molecule has 1 aromatic rings. The Bertz CT molecular complexity index is 288. The molecule has 0 saturated carbocycles. The van der Waals surface area contributed by atoms with Crippen molar-refractivity contribution >= 4 is 11.3 Å². The summed E-state index contributed by atoms with van der Waals surface area (Å²) in [6.45, 7) is 7.03. The van der Waals surface area contributed by atoms with E-state index in [9.17, 15) is 0 Å². The first-order chi connectivity index (χ1) is 7.22. The molecule has 0 amide bonds. The molecule has 0 fully saturated rings. The van der Waals surface area contributed by atoms with Gasteiger partial charge in [0.1, 0.15) is 11.1 Å². The van der Waals surface area contributed by atoms with E-state index in [1.807, 2.05) is 20.2 Å². The van der Waals surface area contributed by atoms with Crippen molar-refractivity contribution in [3.05, 3.63) is 16.1 Å². The normalized spacial score (nSPS) is 15.2. The molecule has 2 unspecified atom stereocenters. The second-order valence-corrected chi connectivity index (χ2v) is 4.56. The lowest BCUT2D eigenvalue weighted by atomic mass is 10.3. The average molecular weight is 228 g/mol. The molecule has 0 aliphatic heterocycles. The zero-order valence-corrected chi connectivity index (χ0v) is 10.7. The summed E-state index contributed by atoms with van der Waals surface area (Å²) < 4.78 is 5.63. The maximum absolute atomic E-state index is 5.63. The Morgan fingerprint density at radius 1 is 1.53 bits per heavy atom. The Hall–Kier alpha value is -0.450. The minimum absolute atomic E-state index is 0.165. The molecule has 3 nitrogen and oxygen atoms in total. The minimum Gasteiger partial charge on any atom is -0.371 e. The van der Waals surface area contributed by atoms with Gasteiger partial charge in [-0.2, -0.15) is 0 Å². The summed E-state index contributed by atoms with van der Waals surface area (Å²) in [5.41, 5.74) is 0. The number of nitrogens with one attached hydrogen (secondary N) is 1. The number of nitrogens with zero attached hydrogens (tertiary/aromatic N) is 1. The van der Waals surface area contributed by atoms with Crippen LogP contribution in [0.3, 0.4) is 0 Å². The third kappa shape index (κ3) is 3.26. The van der Waals surface area contributed by atoms with Crippen LogP contribution in [-0.2, 0) is 4.74 Å². The van der Waals surface area contributed by atoms with Gasteiger partial charge in [0.15, 0.2) is 0 Å². The first kappa shape index (κ1) is 12.6. The fourth-order valence-electron chi connectivity index (χ4n) is 1.36. The molecule has 15 heavy (non-hydrogen) atoms. The molecule has 0 radical (unpaired) electrons. The van der Waals surface area contributed by atoms with Crippen molar-refractivity contribution < 1.29 is 4.74 Å². The van der Waals surface area contributed by atoms with Crippen LogP contribution in [0.5, 0.6) is 0 Å². The second kappa shape index (κ2) is 6.20. The third-order valence-corrected chi connectivity index (χ3v) is 3.69. The molecular formula is C11H20N2OS. The van der Waals surface area contributed by atoms with E-state index in [1.165, 1.54) is 4.88 Å². The summed E-state index contributed by atoms with van der Waals surface area (Å²) in [5, 5.41) is 4.31. The van der Waals surface area contributed by atoms with Crippen LogP contribution in [0, 0.1) is 0 Å². The lowest BCUT2D eigenvalue weighted by Crippen LogP contribution is -2.10. The summed E-state index contributed by atoms with van der Waals surface area (Å²) in [4.78, 5) is 5.70. The molecule has 0 bridgehead atoms. The van der Waals surface area contributed by atoms with Crippen LogP contribution in [0.1, 0.15) is 49.2 Å². The summed E-state index contributed by atoms with van der Waals surface area (Å²) in [6, 6.07) is 0.371. The smallest absolute Gasteiger partial charge is 0.122 e. The molecule has 86 valence electrons. The summed E-state index contributed by atoms with van der Waals surface area (Å²) >= 11 is 1.74. The van der Waals surface area contributed by atoms with Crippen molar-refractivity contribution in [3.8, 4) is 0 Å². The van der Waals surface area contributed by atoms with Crippen LogP contribution in [0.4, 0.5) is 0 Å². The fraction of sp³-hybridized carbons (Fsp3) is 0.727. The fourth-order valence-corrected chi connectivity index (χ4v) is 2.47. The van der Waals surface area contributed by atoms with Crippen LogP contribution in [-0.4, -0.2) is 18.6 Å². The summed E-state index contributed by atoms with van der Waals surface area (Å²) in [5.74, 6) is 0. The summed E-state index contributed by atoms with van der Waals surface area (Å²) in [7, 11) is 1.96. The van der Waals surface area contributed by atoms with Crippen LogP contribution in [0.2, 0.25) is 0 Å². The zero-order chi connectivity index (χ0) is 11.3.